The number of pyridine rings is 2. The lowest BCUT2D eigenvalue weighted by Gasteiger charge is -2.01. The molecule has 1 fully saturated rings. The van der Waals surface area contributed by atoms with Crippen LogP contribution in [0.2, 0.25) is 0 Å². The molecule has 0 spiro atoms. The van der Waals surface area contributed by atoms with Crippen LogP contribution < -0.4 is 9.13 Å². The highest BCUT2D eigenvalue weighted by Crippen LogP contribution is 2.30. The van der Waals surface area contributed by atoms with Crippen LogP contribution in [0, 0.1) is 0 Å². The van der Waals surface area contributed by atoms with Crippen molar-refractivity contribution in [1.29, 1.82) is 0 Å². The Labute approximate surface area is 176 Å². The number of aromatic nitrogens is 2. The van der Waals surface area contributed by atoms with E-state index in [0.717, 1.165) is 35.1 Å². The van der Waals surface area contributed by atoms with Crippen LogP contribution in [0.5, 0.6) is 0 Å². The molecule has 0 amide bonds. The fourth-order valence-corrected chi connectivity index (χ4v) is 4.33. The number of allylic oxidation sites excluding steroid dienone is 2. The van der Waals surface area contributed by atoms with Gasteiger partial charge in [-0.1, -0.05) is 0 Å². The van der Waals surface area contributed by atoms with Gasteiger partial charge < -0.3 is 0 Å². The van der Waals surface area contributed by atoms with Crippen LogP contribution in [0.3, 0.4) is 0 Å². The van der Waals surface area contributed by atoms with E-state index in [9.17, 15) is 4.79 Å². The molecule has 1 aliphatic rings. The van der Waals surface area contributed by atoms with Crippen molar-refractivity contribution in [3.05, 3.63) is 95.3 Å². The van der Waals surface area contributed by atoms with Crippen molar-refractivity contribution in [2.24, 2.45) is 14.1 Å². The van der Waals surface area contributed by atoms with E-state index in [1.807, 2.05) is 38.6 Å². The summed E-state index contributed by atoms with van der Waals surface area (Å²) in [6, 6.07) is 21.0. The number of hydrogen-bond donors (Lipinski definition) is 0. The van der Waals surface area contributed by atoms with E-state index >= 15 is 0 Å². The van der Waals surface area contributed by atoms with Crippen LogP contribution in [-0.4, -0.2) is 5.78 Å². The summed E-state index contributed by atoms with van der Waals surface area (Å²) in [6.45, 7) is 0. The van der Waals surface area contributed by atoms with E-state index in [-0.39, 0.29) is 5.78 Å². The Hall–Kier alpha value is -3.59. The van der Waals surface area contributed by atoms with E-state index in [1.165, 1.54) is 21.8 Å². The highest BCUT2D eigenvalue weighted by Gasteiger charge is 2.23. The van der Waals surface area contributed by atoms with Crippen molar-refractivity contribution >= 4 is 39.7 Å². The molecular weight excluding hydrogens is 368 g/mol. The van der Waals surface area contributed by atoms with Gasteiger partial charge in [0.2, 0.25) is 11.0 Å². The lowest BCUT2D eigenvalue weighted by atomic mass is 10.0. The molecule has 2 heterocycles. The second kappa shape index (κ2) is 7.34. The van der Waals surface area contributed by atoms with Gasteiger partial charge in [-0.15, -0.1) is 0 Å². The van der Waals surface area contributed by atoms with Crippen LogP contribution in [0.15, 0.2) is 84.2 Å². The minimum absolute atomic E-state index is 0.174. The molecule has 0 radical (unpaired) electrons. The largest absolute Gasteiger partial charge is 0.289 e. The number of carbonyl (C=O) groups excluding carboxylic acids is 1. The van der Waals surface area contributed by atoms with Crippen molar-refractivity contribution in [2.75, 3.05) is 0 Å². The van der Waals surface area contributed by atoms with Crippen molar-refractivity contribution in [3.8, 4) is 0 Å². The quantitative estimate of drug-likeness (QED) is 0.365. The first-order valence-electron chi connectivity index (χ1n) is 10.3. The van der Waals surface area contributed by atoms with Gasteiger partial charge in [0.25, 0.3) is 0 Å². The lowest BCUT2D eigenvalue weighted by molar-refractivity contribution is -0.645. The van der Waals surface area contributed by atoms with Gasteiger partial charge >= 0.3 is 0 Å². The minimum Gasteiger partial charge on any atom is -0.289 e. The van der Waals surface area contributed by atoms with Crippen molar-refractivity contribution in [1.82, 2.24) is 0 Å². The van der Waals surface area contributed by atoms with Crippen molar-refractivity contribution in [3.63, 3.8) is 0 Å². The summed E-state index contributed by atoms with van der Waals surface area (Å²) in [4.78, 5) is 13.0. The van der Waals surface area contributed by atoms with E-state index < -0.39 is 0 Å². The number of hydrogen-bond acceptors (Lipinski definition) is 1. The third-order valence-electron chi connectivity index (χ3n) is 5.96. The molecule has 1 saturated carbocycles. The van der Waals surface area contributed by atoms with Gasteiger partial charge in [-0.05, 0) is 72.5 Å². The normalized spacial score (nSPS) is 16.9. The van der Waals surface area contributed by atoms with E-state index in [1.54, 1.807) is 0 Å². The van der Waals surface area contributed by atoms with E-state index in [0.29, 0.717) is 0 Å². The average Bonchev–Trinajstić information content (AvgIpc) is 3.07. The number of fused-ring (bicyclic) bond motifs is 2. The van der Waals surface area contributed by atoms with Gasteiger partial charge in [-0.25, -0.2) is 9.13 Å². The van der Waals surface area contributed by atoms with Crippen LogP contribution >= 0.6 is 0 Å². The van der Waals surface area contributed by atoms with Gasteiger partial charge in [0.15, 0.2) is 18.2 Å². The fourth-order valence-electron chi connectivity index (χ4n) is 4.33. The summed E-state index contributed by atoms with van der Waals surface area (Å²) in [5.74, 6) is 0.174. The first kappa shape index (κ1) is 18.4. The van der Waals surface area contributed by atoms with Gasteiger partial charge in [0.1, 0.15) is 14.1 Å². The molecule has 5 rings (SSSR count). The van der Waals surface area contributed by atoms with Gasteiger partial charge in [0, 0.05) is 46.2 Å². The number of benzene rings is 2. The molecule has 30 heavy (non-hydrogen) atoms. The third kappa shape index (κ3) is 3.33. The number of aryl methyl sites for hydroxylation is 2. The molecule has 0 N–H and O–H groups in total. The summed E-state index contributed by atoms with van der Waals surface area (Å²) in [5, 5.41) is 2.36. The molecule has 0 bridgehead atoms. The molecule has 3 heteroatoms. The maximum absolute atomic E-state index is 13.0. The SMILES string of the molecule is C[n+]1cccc2cc(/C=C3\CC/C(=C\c4ccc5c(ccc[n+]5C)c4)C3=O)ccc21. The Kier molecular flexibility index (Phi) is 4.51. The van der Waals surface area contributed by atoms with E-state index in [4.69, 9.17) is 0 Å². The molecule has 146 valence electrons. The van der Waals surface area contributed by atoms with Crippen molar-refractivity contribution in [2.45, 2.75) is 12.8 Å². The average molecular weight is 393 g/mol. The topological polar surface area (TPSA) is 24.8 Å². The molecule has 4 aromatic rings. The summed E-state index contributed by atoms with van der Waals surface area (Å²) in [6.07, 6.45) is 9.79. The molecule has 2 aromatic heterocycles. The van der Waals surface area contributed by atoms with Gasteiger partial charge in [-0.3, -0.25) is 4.79 Å². The molecule has 0 unspecified atom stereocenters. The standard InChI is InChI=1S/C27H24N2O/c1-28-13-3-5-21-15-19(7-11-25(21)28)17-23-9-10-24(27(23)30)18-20-8-12-26-22(16-20)6-4-14-29(26)2/h3-8,11-18H,9-10H2,1-2H3/q+2/b23-17+,24-18+. The molecule has 3 nitrogen and oxygen atoms in total. The van der Waals surface area contributed by atoms with Crippen molar-refractivity contribution < 1.29 is 13.9 Å². The van der Waals surface area contributed by atoms with Crippen LogP contribution in [-0.2, 0) is 18.9 Å². The minimum atomic E-state index is 0.174. The number of carbonyl (C=O) groups is 1. The first-order chi connectivity index (χ1) is 14.6. The highest BCUT2D eigenvalue weighted by molar-refractivity contribution is 6.15. The van der Waals surface area contributed by atoms with E-state index in [2.05, 4.69) is 69.8 Å². The Bertz CT molecular complexity index is 1270. The summed E-state index contributed by atoms with van der Waals surface area (Å²) in [7, 11) is 4.09. The highest BCUT2D eigenvalue weighted by atomic mass is 16.1. The molecule has 0 atom stereocenters. The molecule has 0 saturated heterocycles. The molecule has 2 aromatic carbocycles. The third-order valence-corrected chi connectivity index (χ3v) is 5.96. The summed E-state index contributed by atoms with van der Waals surface area (Å²) in [5.41, 5.74) is 6.32. The summed E-state index contributed by atoms with van der Waals surface area (Å²) >= 11 is 0. The fraction of sp³-hybridized carbons (Fsp3) is 0.148. The number of rotatable bonds is 2. The maximum atomic E-state index is 13.0. The maximum Gasteiger partial charge on any atom is 0.212 e. The number of Topliss-reactive ketones (excluding diaryl/α,β-unsaturated/α-hetero) is 1. The van der Waals surface area contributed by atoms with Gasteiger partial charge in [0.05, 0.1) is 0 Å². The molecule has 0 aliphatic heterocycles. The van der Waals surface area contributed by atoms with Crippen LogP contribution in [0.1, 0.15) is 24.0 Å². The Morgan fingerprint density at radius 2 is 1.17 bits per heavy atom. The number of nitrogens with zero attached hydrogens (tertiary/aromatic N) is 2. The lowest BCUT2D eigenvalue weighted by Crippen LogP contribution is -2.27. The zero-order valence-electron chi connectivity index (χ0n) is 17.3. The smallest absolute Gasteiger partial charge is 0.212 e. The first-order valence-corrected chi connectivity index (χ1v) is 10.3. The van der Waals surface area contributed by atoms with Crippen LogP contribution in [0.25, 0.3) is 34.0 Å². The zero-order chi connectivity index (χ0) is 20.7. The Morgan fingerprint density at radius 3 is 1.63 bits per heavy atom. The Morgan fingerprint density at radius 1 is 0.700 bits per heavy atom. The van der Waals surface area contributed by atoms with Gasteiger partial charge in [-0.2, -0.15) is 0 Å². The second-order valence-corrected chi connectivity index (χ2v) is 8.04. The Balaban J connectivity index is 1.45. The predicted molar refractivity (Wildman–Crippen MR) is 120 cm³/mol. The monoisotopic (exact) mass is 392 g/mol. The predicted octanol–water partition coefficient (Wildman–Crippen LogP) is 4.47. The molecule has 1 aliphatic carbocycles. The zero-order valence-corrected chi connectivity index (χ0v) is 17.3. The number of ketones is 1. The summed E-state index contributed by atoms with van der Waals surface area (Å²) < 4.78 is 4.22. The second-order valence-electron chi connectivity index (χ2n) is 8.04. The molecular formula is C27H24N2O+2. The van der Waals surface area contributed by atoms with Crippen LogP contribution in [0.4, 0.5) is 0 Å².